The summed E-state index contributed by atoms with van der Waals surface area (Å²) < 4.78 is 10.9. The van der Waals surface area contributed by atoms with Gasteiger partial charge in [0.25, 0.3) is 5.56 Å². The molecule has 6 nitrogen and oxygen atoms in total. The van der Waals surface area contributed by atoms with Gasteiger partial charge in [-0.05, 0) is 18.2 Å². The molecule has 1 aromatic carbocycles. The molecule has 0 aliphatic heterocycles. The molecule has 7 heteroatoms. The molecule has 0 N–H and O–H groups in total. The van der Waals surface area contributed by atoms with E-state index >= 15 is 0 Å². The number of aromatic nitrogens is 3. The van der Waals surface area contributed by atoms with Crippen LogP contribution < -0.4 is 11.2 Å². The number of benzene rings is 1. The van der Waals surface area contributed by atoms with Crippen LogP contribution in [-0.2, 0) is 20.6 Å². The lowest BCUT2D eigenvalue weighted by Gasteiger charge is -2.10. The highest BCUT2D eigenvalue weighted by atomic mass is 79.9. The van der Waals surface area contributed by atoms with Gasteiger partial charge in [0.1, 0.15) is 5.76 Å². The van der Waals surface area contributed by atoms with E-state index in [0.29, 0.717) is 17.4 Å². The smallest absolute Gasteiger partial charge is 0.330 e. The first-order chi connectivity index (χ1) is 12.5. The Bertz CT molecular complexity index is 1230. The molecule has 0 atom stereocenters. The Morgan fingerprint density at radius 2 is 1.81 bits per heavy atom. The molecule has 0 aliphatic carbocycles. The van der Waals surface area contributed by atoms with Crippen LogP contribution in [0.15, 0.2) is 67.3 Å². The molecule has 0 saturated heterocycles. The van der Waals surface area contributed by atoms with Gasteiger partial charge in [-0.1, -0.05) is 34.1 Å². The fourth-order valence-corrected chi connectivity index (χ4v) is 3.70. The Kier molecular flexibility index (Phi) is 3.96. The van der Waals surface area contributed by atoms with Gasteiger partial charge in [-0.2, -0.15) is 0 Å². The van der Waals surface area contributed by atoms with Crippen molar-refractivity contribution in [2.45, 2.75) is 6.54 Å². The Morgan fingerprint density at radius 1 is 1.04 bits per heavy atom. The highest BCUT2D eigenvalue weighted by molar-refractivity contribution is 9.10. The number of aryl methyl sites for hydroxylation is 1. The molecule has 3 aromatic heterocycles. The summed E-state index contributed by atoms with van der Waals surface area (Å²) in [5, 5.41) is 0.507. The van der Waals surface area contributed by atoms with Crippen molar-refractivity contribution in [3.63, 3.8) is 0 Å². The third-order valence-corrected chi connectivity index (χ3v) is 5.24. The van der Waals surface area contributed by atoms with Gasteiger partial charge in [-0.15, -0.1) is 0 Å². The maximum Gasteiger partial charge on any atom is 0.330 e. The quantitative estimate of drug-likeness (QED) is 0.518. The van der Waals surface area contributed by atoms with Crippen molar-refractivity contribution >= 4 is 26.8 Å². The zero-order valence-electron chi connectivity index (χ0n) is 14.3. The van der Waals surface area contributed by atoms with Crippen LogP contribution in [0.1, 0.15) is 5.76 Å². The SMILES string of the molecule is Cn1c(=O)c2c(-c3ccccc3Br)n(Cc3ccco3)cc2n(C)c1=O. The van der Waals surface area contributed by atoms with Crippen LogP contribution in [-0.4, -0.2) is 13.7 Å². The first-order valence-corrected chi connectivity index (χ1v) is 8.84. The van der Waals surface area contributed by atoms with E-state index in [0.717, 1.165) is 26.1 Å². The van der Waals surface area contributed by atoms with Crippen LogP contribution >= 0.6 is 15.9 Å². The van der Waals surface area contributed by atoms with Crippen molar-refractivity contribution in [3.05, 3.63) is 79.9 Å². The Hall–Kier alpha value is -2.80. The third kappa shape index (κ3) is 2.47. The second-order valence-corrected chi connectivity index (χ2v) is 6.99. The Labute approximate surface area is 157 Å². The summed E-state index contributed by atoms with van der Waals surface area (Å²) >= 11 is 3.58. The van der Waals surface area contributed by atoms with E-state index in [2.05, 4.69) is 15.9 Å². The molecule has 0 radical (unpaired) electrons. The second kappa shape index (κ2) is 6.17. The largest absolute Gasteiger partial charge is 0.467 e. The number of hydrogen-bond donors (Lipinski definition) is 0. The van der Waals surface area contributed by atoms with E-state index in [9.17, 15) is 9.59 Å². The summed E-state index contributed by atoms with van der Waals surface area (Å²) in [6.07, 6.45) is 3.45. The third-order valence-electron chi connectivity index (χ3n) is 4.55. The zero-order valence-corrected chi connectivity index (χ0v) is 15.9. The average molecular weight is 414 g/mol. The van der Waals surface area contributed by atoms with Crippen LogP contribution in [0.5, 0.6) is 0 Å². The van der Waals surface area contributed by atoms with Crippen LogP contribution in [0.4, 0.5) is 0 Å². The molecular formula is C19H16BrN3O3. The normalized spacial score (nSPS) is 11.3. The fourth-order valence-electron chi connectivity index (χ4n) is 3.23. The first kappa shape index (κ1) is 16.7. The van der Waals surface area contributed by atoms with Crippen LogP contribution in [0.3, 0.4) is 0 Å². The molecule has 0 saturated carbocycles. The minimum absolute atomic E-state index is 0.313. The minimum atomic E-state index is -0.351. The molecule has 0 aliphatic rings. The lowest BCUT2D eigenvalue weighted by molar-refractivity contribution is 0.495. The lowest BCUT2D eigenvalue weighted by atomic mass is 10.1. The van der Waals surface area contributed by atoms with E-state index in [1.807, 2.05) is 47.2 Å². The molecule has 4 aromatic rings. The van der Waals surface area contributed by atoms with Gasteiger partial charge < -0.3 is 8.98 Å². The number of fused-ring (bicyclic) bond motifs is 1. The van der Waals surface area contributed by atoms with Crippen molar-refractivity contribution in [1.29, 1.82) is 0 Å². The average Bonchev–Trinajstić information content (AvgIpc) is 3.27. The van der Waals surface area contributed by atoms with Crippen molar-refractivity contribution in [2.24, 2.45) is 14.1 Å². The molecule has 132 valence electrons. The summed E-state index contributed by atoms with van der Waals surface area (Å²) in [5.74, 6) is 0.764. The number of nitrogens with zero attached hydrogens (tertiary/aromatic N) is 3. The first-order valence-electron chi connectivity index (χ1n) is 8.05. The number of hydrogen-bond acceptors (Lipinski definition) is 3. The molecule has 0 bridgehead atoms. The summed E-state index contributed by atoms with van der Waals surface area (Å²) in [5.41, 5.74) is 1.56. The maximum absolute atomic E-state index is 12.9. The van der Waals surface area contributed by atoms with Crippen molar-refractivity contribution in [1.82, 2.24) is 13.7 Å². The van der Waals surface area contributed by atoms with E-state index in [-0.39, 0.29) is 11.2 Å². The molecular weight excluding hydrogens is 398 g/mol. The van der Waals surface area contributed by atoms with E-state index in [4.69, 9.17) is 4.42 Å². The molecule has 0 spiro atoms. The monoisotopic (exact) mass is 413 g/mol. The molecule has 3 heterocycles. The highest BCUT2D eigenvalue weighted by Crippen LogP contribution is 2.33. The van der Waals surface area contributed by atoms with E-state index in [1.165, 1.54) is 11.6 Å². The molecule has 0 amide bonds. The summed E-state index contributed by atoms with van der Waals surface area (Å²) in [4.78, 5) is 25.3. The number of halogens is 1. The van der Waals surface area contributed by atoms with Crippen molar-refractivity contribution in [3.8, 4) is 11.3 Å². The molecule has 0 unspecified atom stereocenters. The predicted octanol–water partition coefficient (Wildman–Crippen LogP) is 3.11. The van der Waals surface area contributed by atoms with Crippen LogP contribution in [0, 0.1) is 0 Å². The van der Waals surface area contributed by atoms with Gasteiger partial charge in [0.15, 0.2) is 0 Å². The van der Waals surface area contributed by atoms with Gasteiger partial charge >= 0.3 is 5.69 Å². The maximum atomic E-state index is 12.9. The summed E-state index contributed by atoms with van der Waals surface area (Å²) in [7, 11) is 3.17. The predicted molar refractivity (Wildman–Crippen MR) is 103 cm³/mol. The Balaban J connectivity index is 2.14. The van der Waals surface area contributed by atoms with Crippen LogP contribution in [0.2, 0.25) is 0 Å². The minimum Gasteiger partial charge on any atom is -0.467 e. The van der Waals surface area contributed by atoms with Crippen molar-refractivity contribution < 1.29 is 4.42 Å². The van der Waals surface area contributed by atoms with Gasteiger partial charge in [0.05, 0.1) is 29.4 Å². The van der Waals surface area contributed by atoms with E-state index in [1.54, 1.807) is 13.3 Å². The summed E-state index contributed by atoms with van der Waals surface area (Å²) in [6, 6.07) is 11.4. The van der Waals surface area contributed by atoms with Crippen LogP contribution in [0.25, 0.3) is 22.2 Å². The lowest BCUT2D eigenvalue weighted by Crippen LogP contribution is -2.36. The van der Waals surface area contributed by atoms with Gasteiger partial charge in [0.2, 0.25) is 0 Å². The number of rotatable bonds is 3. The van der Waals surface area contributed by atoms with Gasteiger partial charge in [-0.3, -0.25) is 13.9 Å². The zero-order chi connectivity index (χ0) is 18.4. The second-order valence-electron chi connectivity index (χ2n) is 6.13. The highest BCUT2D eigenvalue weighted by Gasteiger charge is 2.21. The Morgan fingerprint density at radius 3 is 2.50 bits per heavy atom. The van der Waals surface area contributed by atoms with E-state index < -0.39 is 0 Å². The fraction of sp³-hybridized carbons (Fsp3) is 0.158. The molecule has 4 rings (SSSR count). The molecule has 0 fully saturated rings. The summed E-state index contributed by atoms with van der Waals surface area (Å²) in [6.45, 7) is 0.454. The molecule has 26 heavy (non-hydrogen) atoms. The van der Waals surface area contributed by atoms with Gasteiger partial charge in [-0.25, -0.2) is 4.79 Å². The number of furan rings is 1. The topological polar surface area (TPSA) is 62.1 Å². The van der Waals surface area contributed by atoms with Crippen molar-refractivity contribution in [2.75, 3.05) is 0 Å². The standard InChI is InChI=1S/C19H16BrN3O3/c1-21-15-11-23(10-12-6-5-9-26-12)17(13-7-3-4-8-14(13)20)16(15)18(24)22(2)19(21)25/h3-9,11H,10H2,1-2H3. The van der Waals surface area contributed by atoms with Gasteiger partial charge in [0, 0.05) is 30.3 Å².